The minimum atomic E-state index is -0.544. The van der Waals surface area contributed by atoms with Gasteiger partial charge in [-0.15, -0.1) is 0 Å². The molecule has 0 atom stereocenters. The number of nitrogens with zero attached hydrogens (tertiary/aromatic N) is 1. The van der Waals surface area contributed by atoms with Crippen LogP contribution in [-0.2, 0) is 11.2 Å². The molecule has 0 fully saturated rings. The first-order chi connectivity index (χ1) is 6.20. The van der Waals surface area contributed by atoms with Gasteiger partial charge in [-0.05, 0) is 6.07 Å². The van der Waals surface area contributed by atoms with Gasteiger partial charge < -0.3 is 10.1 Å². The van der Waals surface area contributed by atoms with Crippen LogP contribution >= 0.6 is 0 Å². The number of ether oxygens (including phenoxy) is 1. The van der Waals surface area contributed by atoms with E-state index in [0.717, 1.165) is 0 Å². The summed E-state index contributed by atoms with van der Waals surface area (Å²) in [6, 6.07) is 1.26. The number of anilines is 1. The number of carbonyl (C=O) groups excluding carboxylic acids is 1. The quantitative estimate of drug-likeness (QED) is 0.696. The average molecular weight is 182 g/mol. The molecule has 0 spiro atoms. The number of methoxy groups -OCH3 is 1. The summed E-state index contributed by atoms with van der Waals surface area (Å²) in [7, 11) is 1.33. The number of carbonyl (C=O) groups is 1. The van der Waals surface area contributed by atoms with Crippen molar-refractivity contribution in [1.82, 2.24) is 4.98 Å². The van der Waals surface area contributed by atoms with Crippen LogP contribution in [0.2, 0.25) is 0 Å². The van der Waals surface area contributed by atoms with Crippen molar-refractivity contribution in [2.75, 3.05) is 12.4 Å². The first-order valence-corrected chi connectivity index (χ1v) is 3.74. The van der Waals surface area contributed by atoms with E-state index in [1.54, 1.807) is 0 Å². The van der Waals surface area contributed by atoms with E-state index in [-0.39, 0.29) is 18.2 Å². The zero-order valence-corrected chi connectivity index (χ0v) is 6.93. The summed E-state index contributed by atoms with van der Waals surface area (Å²) in [5.41, 5.74) is 0.573. The van der Waals surface area contributed by atoms with Crippen molar-refractivity contribution >= 4 is 11.7 Å². The maximum atomic E-state index is 13.0. The van der Waals surface area contributed by atoms with E-state index < -0.39 is 5.82 Å². The minimum Gasteiger partial charge on any atom is -0.479 e. The average Bonchev–Trinajstić information content (AvgIpc) is 2.42. The SMILES string of the molecule is COc1nc2c(cc1F)CC(=O)N2. The zero-order chi connectivity index (χ0) is 9.42. The van der Waals surface area contributed by atoms with Crippen LogP contribution in [0, 0.1) is 5.82 Å². The van der Waals surface area contributed by atoms with Crippen molar-refractivity contribution in [2.24, 2.45) is 0 Å². The molecule has 0 radical (unpaired) electrons. The van der Waals surface area contributed by atoms with Crippen molar-refractivity contribution in [3.8, 4) is 5.88 Å². The summed E-state index contributed by atoms with van der Waals surface area (Å²) in [5.74, 6) is -0.419. The number of aromatic nitrogens is 1. The minimum absolute atomic E-state index is 0.0963. The highest BCUT2D eigenvalue weighted by molar-refractivity contribution is 5.97. The van der Waals surface area contributed by atoms with E-state index in [0.29, 0.717) is 11.4 Å². The predicted octanol–water partition coefficient (Wildman–Crippen LogP) is 0.724. The molecule has 1 N–H and O–H groups in total. The third-order valence-electron chi connectivity index (χ3n) is 1.82. The molecule has 0 aliphatic carbocycles. The third-order valence-corrected chi connectivity index (χ3v) is 1.82. The highest BCUT2D eigenvalue weighted by Gasteiger charge is 2.21. The lowest BCUT2D eigenvalue weighted by Crippen LogP contribution is -2.04. The van der Waals surface area contributed by atoms with Gasteiger partial charge in [-0.1, -0.05) is 0 Å². The lowest BCUT2D eigenvalue weighted by Gasteiger charge is -2.02. The van der Waals surface area contributed by atoms with Gasteiger partial charge in [0.15, 0.2) is 5.82 Å². The Kier molecular flexibility index (Phi) is 1.65. The fourth-order valence-corrected chi connectivity index (χ4v) is 1.25. The molecule has 5 heteroatoms. The third kappa shape index (κ3) is 1.22. The topological polar surface area (TPSA) is 51.2 Å². The first-order valence-electron chi connectivity index (χ1n) is 3.74. The molecule has 1 amide bonds. The van der Waals surface area contributed by atoms with E-state index >= 15 is 0 Å². The van der Waals surface area contributed by atoms with Crippen LogP contribution in [0.1, 0.15) is 5.56 Å². The molecule has 0 unspecified atom stereocenters. The van der Waals surface area contributed by atoms with Gasteiger partial charge >= 0.3 is 0 Å². The van der Waals surface area contributed by atoms with E-state index in [1.165, 1.54) is 13.2 Å². The molecule has 0 bridgehead atoms. The lowest BCUT2D eigenvalue weighted by atomic mass is 10.2. The molecule has 0 aromatic carbocycles. The van der Waals surface area contributed by atoms with Crippen molar-refractivity contribution in [3.05, 3.63) is 17.4 Å². The van der Waals surface area contributed by atoms with E-state index in [4.69, 9.17) is 0 Å². The first kappa shape index (κ1) is 7.97. The molecule has 1 aromatic rings. The van der Waals surface area contributed by atoms with Gasteiger partial charge in [0.2, 0.25) is 5.91 Å². The standard InChI is InChI=1S/C8H7FN2O2/c1-13-8-5(9)2-4-3-6(12)10-7(4)11-8/h2H,3H2,1H3,(H,10,11,12). The Morgan fingerprint density at radius 3 is 3.15 bits per heavy atom. The monoisotopic (exact) mass is 182 g/mol. The number of halogens is 1. The number of hydrogen-bond donors (Lipinski definition) is 1. The molecule has 1 aromatic heterocycles. The molecule has 2 heterocycles. The lowest BCUT2D eigenvalue weighted by molar-refractivity contribution is -0.115. The summed E-state index contributed by atoms with van der Waals surface area (Å²) in [6.45, 7) is 0. The van der Waals surface area contributed by atoms with Gasteiger partial charge in [-0.3, -0.25) is 4.79 Å². The van der Waals surface area contributed by atoms with E-state index in [2.05, 4.69) is 15.0 Å². The van der Waals surface area contributed by atoms with Crippen LogP contribution in [0.25, 0.3) is 0 Å². The molecule has 0 saturated carbocycles. The summed E-state index contributed by atoms with van der Waals surface area (Å²) in [4.78, 5) is 14.7. The van der Waals surface area contributed by atoms with Crippen molar-refractivity contribution in [2.45, 2.75) is 6.42 Å². The summed E-state index contributed by atoms with van der Waals surface area (Å²) in [5, 5.41) is 2.50. The molecule has 2 rings (SSSR count). The van der Waals surface area contributed by atoms with Gasteiger partial charge in [0.1, 0.15) is 5.82 Å². The van der Waals surface area contributed by atoms with Crippen LogP contribution in [-0.4, -0.2) is 18.0 Å². The van der Waals surface area contributed by atoms with Gasteiger partial charge in [-0.2, -0.15) is 4.98 Å². The van der Waals surface area contributed by atoms with E-state index in [1.807, 2.05) is 0 Å². The molecule has 1 aliphatic heterocycles. The highest BCUT2D eigenvalue weighted by atomic mass is 19.1. The smallest absolute Gasteiger partial charge is 0.252 e. The molecular formula is C8H7FN2O2. The summed E-state index contributed by atoms with van der Waals surface area (Å²) in [6.07, 6.45) is 0.184. The van der Waals surface area contributed by atoms with Gasteiger partial charge in [0.05, 0.1) is 13.5 Å². The normalized spacial score (nSPS) is 13.8. The Morgan fingerprint density at radius 2 is 2.46 bits per heavy atom. The fraction of sp³-hybridized carbons (Fsp3) is 0.250. The molecule has 0 saturated heterocycles. The highest BCUT2D eigenvalue weighted by Crippen LogP contribution is 2.25. The summed E-state index contributed by atoms with van der Waals surface area (Å²) < 4.78 is 17.7. The number of pyridine rings is 1. The maximum absolute atomic E-state index is 13.0. The van der Waals surface area contributed by atoms with Gasteiger partial charge in [-0.25, -0.2) is 4.39 Å². The van der Waals surface area contributed by atoms with Gasteiger partial charge in [0, 0.05) is 5.56 Å². The number of fused-ring (bicyclic) bond motifs is 1. The predicted molar refractivity (Wildman–Crippen MR) is 43.1 cm³/mol. The zero-order valence-electron chi connectivity index (χ0n) is 6.93. The van der Waals surface area contributed by atoms with Crippen molar-refractivity contribution in [3.63, 3.8) is 0 Å². The second-order valence-corrected chi connectivity index (χ2v) is 2.71. The Labute approximate surface area is 73.7 Å². The van der Waals surface area contributed by atoms with Gasteiger partial charge in [0.25, 0.3) is 5.88 Å². The molecule has 1 aliphatic rings. The van der Waals surface area contributed by atoms with Crippen LogP contribution < -0.4 is 10.1 Å². The van der Waals surface area contributed by atoms with Crippen LogP contribution in [0.3, 0.4) is 0 Å². The fourth-order valence-electron chi connectivity index (χ4n) is 1.25. The largest absolute Gasteiger partial charge is 0.479 e. The number of rotatable bonds is 1. The molecule has 13 heavy (non-hydrogen) atoms. The van der Waals surface area contributed by atoms with E-state index in [9.17, 15) is 9.18 Å². The van der Waals surface area contributed by atoms with Crippen LogP contribution in [0.4, 0.5) is 10.2 Å². The van der Waals surface area contributed by atoms with Crippen molar-refractivity contribution < 1.29 is 13.9 Å². The Hall–Kier alpha value is -1.65. The summed E-state index contributed by atoms with van der Waals surface area (Å²) >= 11 is 0. The molecular weight excluding hydrogens is 175 g/mol. The van der Waals surface area contributed by atoms with Crippen molar-refractivity contribution in [1.29, 1.82) is 0 Å². The van der Waals surface area contributed by atoms with Crippen LogP contribution in [0.5, 0.6) is 5.88 Å². The Bertz CT molecular complexity index is 379. The second kappa shape index (κ2) is 2.69. The molecule has 68 valence electrons. The maximum Gasteiger partial charge on any atom is 0.252 e. The number of nitrogens with one attached hydrogen (secondary N) is 1. The Morgan fingerprint density at radius 1 is 1.69 bits per heavy atom. The number of amides is 1. The second-order valence-electron chi connectivity index (χ2n) is 2.71. The van der Waals surface area contributed by atoms with Crippen LogP contribution in [0.15, 0.2) is 6.07 Å². The Balaban J connectivity index is 2.50. The number of hydrogen-bond acceptors (Lipinski definition) is 3. The molecule has 4 nitrogen and oxygen atoms in total.